The molecule has 27 heavy (non-hydrogen) atoms. The van der Waals surface area contributed by atoms with Crippen LogP contribution < -0.4 is 10.2 Å². The lowest BCUT2D eigenvalue weighted by Gasteiger charge is -2.23. The number of anilines is 2. The molecule has 2 aromatic heterocycles. The normalized spacial score (nSPS) is 10.7. The molecule has 0 fully saturated rings. The van der Waals surface area contributed by atoms with Crippen LogP contribution in [0.3, 0.4) is 0 Å². The molecule has 3 aromatic rings. The van der Waals surface area contributed by atoms with Crippen LogP contribution in [0, 0.1) is 20.8 Å². The maximum absolute atomic E-state index is 13.2. The molecule has 0 atom stereocenters. The number of hydrogen-bond donors (Lipinski definition) is 1. The predicted molar refractivity (Wildman–Crippen MR) is 109 cm³/mol. The number of thiophene rings is 1. The van der Waals surface area contributed by atoms with Gasteiger partial charge >= 0.3 is 0 Å². The lowest BCUT2D eigenvalue weighted by molar-refractivity contribution is 0.0985. The maximum Gasteiger partial charge on any atom is 0.291 e. The van der Waals surface area contributed by atoms with Crippen molar-refractivity contribution in [2.75, 3.05) is 16.8 Å². The van der Waals surface area contributed by atoms with Gasteiger partial charge in [0.1, 0.15) is 0 Å². The van der Waals surface area contributed by atoms with E-state index in [1.165, 1.54) is 17.6 Å². The van der Waals surface area contributed by atoms with Crippen molar-refractivity contribution >= 4 is 33.8 Å². The highest BCUT2D eigenvalue weighted by Gasteiger charge is 2.23. The van der Waals surface area contributed by atoms with E-state index in [0.29, 0.717) is 16.4 Å². The second-order valence-electron chi connectivity index (χ2n) is 6.39. The predicted octanol–water partition coefficient (Wildman–Crippen LogP) is 5.19. The summed E-state index contributed by atoms with van der Waals surface area (Å²) >= 11 is 1.28. The number of aryl methyl sites for hydroxylation is 3. The number of carbonyl (C=O) groups is 2. The summed E-state index contributed by atoms with van der Waals surface area (Å²) in [6, 6.07) is 11.2. The largest absolute Gasteiger partial charge is 0.459 e. The van der Waals surface area contributed by atoms with Gasteiger partial charge in [-0.15, -0.1) is 11.3 Å². The first-order valence-corrected chi connectivity index (χ1v) is 9.56. The van der Waals surface area contributed by atoms with E-state index < -0.39 is 0 Å². The van der Waals surface area contributed by atoms with Crippen molar-refractivity contribution in [2.24, 2.45) is 0 Å². The van der Waals surface area contributed by atoms with Crippen LogP contribution in [0.2, 0.25) is 0 Å². The average molecular weight is 382 g/mol. The van der Waals surface area contributed by atoms with E-state index in [-0.39, 0.29) is 17.6 Å². The first kappa shape index (κ1) is 18.9. The van der Waals surface area contributed by atoms with Crippen molar-refractivity contribution in [1.82, 2.24) is 0 Å². The topological polar surface area (TPSA) is 62.6 Å². The Labute approximate surface area is 162 Å². The molecule has 0 bridgehead atoms. The Morgan fingerprint density at radius 3 is 2.56 bits per heavy atom. The van der Waals surface area contributed by atoms with E-state index >= 15 is 0 Å². The van der Waals surface area contributed by atoms with E-state index in [1.54, 1.807) is 17.0 Å². The minimum atomic E-state index is -0.331. The molecule has 0 aliphatic rings. The van der Waals surface area contributed by atoms with E-state index in [4.69, 9.17) is 4.42 Å². The average Bonchev–Trinajstić information content (AvgIpc) is 3.28. The zero-order chi connectivity index (χ0) is 19.6. The number of nitrogens with one attached hydrogen (secondary N) is 1. The number of amides is 2. The Morgan fingerprint density at radius 1 is 1.11 bits per heavy atom. The Hall–Kier alpha value is -2.86. The highest BCUT2D eigenvalue weighted by Crippen LogP contribution is 2.31. The van der Waals surface area contributed by atoms with Crippen molar-refractivity contribution < 1.29 is 14.0 Å². The Balaban J connectivity index is 1.86. The fraction of sp³-hybridized carbons (Fsp3) is 0.238. The number of nitrogens with zero attached hydrogens (tertiary/aromatic N) is 1. The summed E-state index contributed by atoms with van der Waals surface area (Å²) < 4.78 is 5.11. The molecule has 3 rings (SSSR count). The van der Waals surface area contributed by atoms with Crippen LogP contribution in [0.1, 0.15) is 43.8 Å². The summed E-state index contributed by atoms with van der Waals surface area (Å²) in [5.74, 6) is -0.158. The van der Waals surface area contributed by atoms with Gasteiger partial charge in [0.15, 0.2) is 5.76 Å². The molecular weight excluding hydrogens is 360 g/mol. The number of hydrogen-bond acceptors (Lipinski definition) is 4. The van der Waals surface area contributed by atoms with Crippen LogP contribution in [0.25, 0.3) is 0 Å². The van der Waals surface area contributed by atoms with Crippen molar-refractivity contribution in [3.8, 4) is 0 Å². The molecule has 140 valence electrons. The lowest BCUT2D eigenvalue weighted by atomic mass is 10.1. The fourth-order valence-electron chi connectivity index (χ4n) is 2.89. The van der Waals surface area contributed by atoms with Crippen LogP contribution in [-0.2, 0) is 0 Å². The Bertz CT molecular complexity index is 973. The van der Waals surface area contributed by atoms with Gasteiger partial charge in [-0.1, -0.05) is 12.1 Å². The van der Waals surface area contributed by atoms with Gasteiger partial charge in [-0.3, -0.25) is 9.59 Å². The molecule has 0 aliphatic heterocycles. The molecular formula is C21H22N2O3S. The van der Waals surface area contributed by atoms with Gasteiger partial charge in [0.05, 0.1) is 16.1 Å². The SMILES string of the molecule is CCN(C(=O)c1sc(NC(=O)c2ccco2)cc1C)c1cc(C)ccc1C. The van der Waals surface area contributed by atoms with Crippen LogP contribution in [-0.4, -0.2) is 18.4 Å². The molecule has 0 spiro atoms. The highest BCUT2D eigenvalue weighted by atomic mass is 32.1. The van der Waals surface area contributed by atoms with Gasteiger partial charge in [-0.05, 0) is 68.7 Å². The van der Waals surface area contributed by atoms with Crippen molar-refractivity contribution in [3.05, 3.63) is 70.0 Å². The number of benzene rings is 1. The van der Waals surface area contributed by atoms with Gasteiger partial charge < -0.3 is 14.6 Å². The summed E-state index contributed by atoms with van der Waals surface area (Å²) in [7, 11) is 0. The minimum absolute atomic E-state index is 0.0628. The number of furan rings is 1. The quantitative estimate of drug-likeness (QED) is 0.661. The first-order valence-electron chi connectivity index (χ1n) is 8.75. The fourth-order valence-corrected chi connectivity index (χ4v) is 3.91. The van der Waals surface area contributed by atoms with Gasteiger partial charge in [-0.2, -0.15) is 0 Å². The van der Waals surface area contributed by atoms with Crippen molar-refractivity contribution in [1.29, 1.82) is 0 Å². The summed E-state index contributed by atoms with van der Waals surface area (Å²) in [5.41, 5.74) is 3.91. The molecule has 2 amide bonds. The standard InChI is InChI=1S/C21H22N2O3S/c1-5-23(16-11-13(2)8-9-14(16)3)21(25)19-15(4)12-18(27-19)22-20(24)17-7-6-10-26-17/h6-12H,5H2,1-4H3,(H,22,24). The van der Waals surface area contributed by atoms with Gasteiger partial charge in [0, 0.05) is 12.2 Å². The Kier molecular flexibility index (Phi) is 5.46. The van der Waals surface area contributed by atoms with Crippen LogP contribution >= 0.6 is 11.3 Å². The molecule has 5 nitrogen and oxygen atoms in total. The molecule has 0 unspecified atom stereocenters. The third-order valence-corrected chi connectivity index (χ3v) is 5.45. The van der Waals surface area contributed by atoms with E-state index in [9.17, 15) is 9.59 Å². The molecule has 1 aromatic carbocycles. The second-order valence-corrected chi connectivity index (χ2v) is 7.45. The van der Waals surface area contributed by atoms with Crippen molar-refractivity contribution in [2.45, 2.75) is 27.7 Å². The van der Waals surface area contributed by atoms with Gasteiger partial charge in [0.2, 0.25) is 0 Å². The molecule has 0 saturated heterocycles. The third-order valence-electron chi connectivity index (χ3n) is 4.31. The first-order chi connectivity index (χ1) is 12.9. The van der Waals surface area contributed by atoms with E-state index in [1.807, 2.05) is 52.0 Å². The maximum atomic E-state index is 13.2. The van der Waals surface area contributed by atoms with Crippen LogP contribution in [0.4, 0.5) is 10.7 Å². The molecule has 0 aliphatic carbocycles. The number of rotatable bonds is 5. The lowest BCUT2D eigenvalue weighted by Crippen LogP contribution is -2.31. The molecule has 6 heteroatoms. The third kappa shape index (κ3) is 3.95. The number of carbonyl (C=O) groups excluding carboxylic acids is 2. The molecule has 2 heterocycles. The second kappa shape index (κ2) is 7.80. The van der Waals surface area contributed by atoms with Gasteiger partial charge in [0.25, 0.3) is 11.8 Å². The summed E-state index contributed by atoms with van der Waals surface area (Å²) in [6.45, 7) is 8.42. The summed E-state index contributed by atoms with van der Waals surface area (Å²) in [5, 5.41) is 3.41. The highest BCUT2D eigenvalue weighted by molar-refractivity contribution is 7.18. The Morgan fingerprint density at radius 2 is 1.89 bits per heavy atom. The van der Waals surface area contributed by atoms with Gasteiger partial charge in [-0.25, -0.2) is 0 Å². The minimum Gasteiger partial charge on any atom is -0.459 e. The molecule has 0 radical (unpaired) electrons. The zero-order valence-electron chi connectivity index (χ0n) is 15.8. The van der Waals surface area contributed by atoms with Crippen LogP contribution in [0.5, 0.6) is 0 Å². The van der Waals surface area contributed by atoms with Crippen molar-refractivity contribution in [3.63, 3.8) is 0 Å². The van der Waals surface area contributed by atoms with E-state index in [2.05, 4.69) is 5.32 Å². The molecule has 0 saturated carbocycles. The molecule has 1 N–H and O–H groups in total. The zero-order valence-corrected chi connectivity index (χ0v) is 16.6. The monoisotopic (exact) mass is 382 g/mol. The summed E-state index contributed by atoms with van der Waals surface area (Å²) in [6.07, 6.45) is 1.45. The summed E-state index contributed by atoms with van der Waals surface area (Å²) in [4.78, 5) is 27.8. The van der Waals surface area contributed by atoms with Crippen LogP contribution in [0.15, 0.2) is 47.1 Å². The smallest absolute Gasteiger partial charge is 0.291 e. The van der Waals surface area contributed by atoms with E-state index in [0.717, 1.165) is 22.4 Å².